The highest BCUT2D eigenvalue weighted by molar-refractivity contribution is 7.93. The number of carbonyl (C=O) groups excluding carboxylic acids is 1. The van der Waals surface area contributed by atoms with E-state index in [1.165, 1.54) is 18.2 Å². The average Bonchev–Trinajstić information content (AvgIpc) is 2.82. The molecule has 38 heavy (non-hydrogen) atoms. The number of anilines is 1. The number of amides is 1. The summed E-state index contributed by atoms with van der Waals surface area (Å²) in [5.41, 5.74) is 0.817. The molecule has 0 aromatic heterocycles. The van der Waals surface area contributed by atoms with Crippen molar-refractivity contribution in [1.82, 2.24) is 9.62 Å². The van der Waals surface area contributed by atoms with Crippen LogP contribution in [0.4, 0.5) is 10.5 Å². The van der Waals surface area contributed by atoms with E-state index in [0.29, 0.717) is 31.6 Å². The van der Waals surface area contributed by atoms with Crippen LogP contribution in [-0.4, -0.2) is 53.1 Å². The van der Waals surface area contributed by atoms with Gasteiger partial charge in [-0.15, -0.1) is 0 Å². The van der Waals surface area contributed by atoms with Crippen molar-refractivity contribution in [1.29, 1.82) is 0 Å². The molecule has 1 saturated heterocycles. The molecular weight excluding hydrogens is 526 g/mol. The van der Waals surface area contributed by atoms with E-state index in [0.717, 1.165) is 11.6 Å². The van der Waals surface area contributed by atoms with E-state index < -0.39 is 25.6 Å². The number of rotatable bonds is 7. The fourth-order valence-electron chi connectivity index (χ4n) is 4.02. The standard InChI is InChI=1S/C27H39N3O6S2/c1-26(2,3)21-10-12-22(13-11-21)29-38(34,35)24-9-7-8-23(18-24)37(32,33)28-19-20-14-16-30(17-15-20)25(31)36-27(4,5)6/h7-13,18,20,28-29H,14-17,19H2,1-6H3. The summed E-state index contributed by atoms with van der Waals surface area (Å²) in [6.07, 6.45) is 0.899. The minimum absolute atomic E-state index is 0.0492. The quantitative estimate of drug-likeness (QED) is 0.501. The van der Waals surface area contributed by atoms with Crippen molar-refractivity contribution < 1.29 is 26.4 Å². The molecule has 0 aliphatic carbocycles. The number of benzene rings is 2. The van der Waals surface area contributed by atoms with Crippen molar-refractivity contribution in [2.24, 2.45) is 5.92 Å². The molecule has 11 heteroatoms. The largest absolute Gasteiger partial charge is 0.444 e. The molecule has 1 aliphatic heterocycles. The SMILES string of the molecule is CC(C)(C)OC(=O)N1CCC(CNS(=O)(=O)c2cccc(S(=O)(=O)Nc3ccc(C(C)(C)C)cc3)c2)CC1. The van der Waals surface area contributed by atoms with Gasteiger partial charge in [-0.25, -0.2) is 26.4 Å². The van der Waals surface area contributed by atoms with Gasteiger partial charge in [0, 0.05) is 25.3 Å². The van der Waals surface area contributed by atoms with Gasteiger partial charge in [-0.05, 0) is 80.8 Å². The van der Waals surface area contributed by atoms with Gasteiger partial charge in [0.05, 0.1) is 9.79 Å². The maximum atomic E-state index is 13.0. The van der Waals surface area contributed by atoms with Crippen LogP contribution in [0.1, 0.15) is 59.9 Å². The number of sulfonamides is 2. The molecule has 1 fully saturated rings. The highest BCUT2D eigenvalue weighted by Gasteiger charge is 2.28. The second-order valence-corrected chi connectivity index (χ2v) is 15.1. The normalized spacial score (nSPS) is 15.8. The number of hydrogen-bond donors (Lipinski definition) is 2. The Kier molecular flexibility index (Phi) is 8.84. The van der Waals surface area contributed by atoms with Crippen LogP contribution in [-0.2, 0) is 30.2 Å². The van der Waals surface area contributed by atoms with E-state index in [2.05, 4.69) is 30.2 Å². The van der Waals surface area contributed by atoms with E-state index in [1.807, 2.05) is 32.9 Å². The Morgan fingerprint density at radius 3 is 1.97 bits per heavy atom. The van der Waals surface area contributed by atoms with Crippen LogP contribution < -0.4 is 9.44 Å². The van der Waals surface area contributed by atoms with Crippen LogP contribution in [0.3, 0.4) is 0 Å². The Morgan fingerprint density at radius 2 is 1.45 bits per heavy atom. The molecule has 2 aromatic rings. The van der Waals surface area contributed by atoms with Gasteiger partial charge >= 0.3 is 6.09 Å². The molecule has 1 aliphatic rings. The van der Waals surface area contributed by atoms with Crippen LogP contribution in [0.5, 0.6) is 0 Å². The third kappa shape index (κ3) is 8.18. The molecule has 9 nitrogen and oxygen atoms in total. The van der Waals surface area contributed by atoms with Crippen LogP contribution >= 0.6 is 0 Å². The average molecular weight is 566 g/mol. The number of carbonyl (C=O) groups is 1. The van der Waals surface area contributed by atoms with Gasteiger partial charge in [-0.2, -0.15) is 0 Å². The second-order valence-electron chi connectivity index (χ2n) is 11.7. The Labute approximate surface area is 227 Å². The van der Waals surface area contributed by atoms with Crippen LogP contribution in [0, 0.1) is 5.92 Å². The maximum Gasteiger partial charge on any atom is 0.410 e. The van der Waals surface area contributed by atoms with Crippen molar-refractivity contribution in [2.45, 2.75) is 75.2 Å². The smallest absolute Gasteiger partial charge is 0.410 e. The zero-order valence-corrected chi connectivity index (χ0v) is 24.6. The molecular formula is C27H39N3O6S2. The fourth-order valence-corrected chi connectivity index (χ4v) is 6.36. The monoisotopic (exact) mass is 565 g/mol. The Balaban J connectivity index is 1.61. The molecule has 2 aromatic carbocycles. The fraction of sp³-hybridized carbons (Fsp3) is 0.519. The summed E-state index contributed by atoms with van der Waals surface area (Å²) in [6.45, 7) is 12.8. The summed E-state index contributed by atoms with van der Waals surface area (Å²) in [5, 5.41) is 0. The molecule has 0 saturated carbocycles. The summed E-state index contributed by atoms with van der Waals surface area (Å²) in [4.78, 5) is 13.6. The highest BCUT2D eigenvalue weighted by atomic mass is 32.2. The van der Waals surface area contributed by atoms with Gasteiger partial charge < -0.3 is 9.64 Å². The van der Waals surface area contributed by atoms with E-state index in [1.54, 1.807) is 17.0 Å². The molecule has 2 N–H and O–H groups in total. The van der Waals surface area contributed by atoms with Gasteiger partial charge in [-0.1, -0.05) is 39.0 Å². The lowest BCUT2D eigenvalue weighted by Gasteiger charge is -2.33. The van der Waals surface area contributed by atoms with E-state index in [9.17, 15) is 21.6 Å². The van der Waals surface area contributed by atoms with Gasteiger partial charge in [0.15, 0.2) is 0 Å². The first-order chi connectivity index (χ1) is 17.5. The number of ether oxygens (including phenoxy) is 1. The first-order valence-corrected chi connectivity index (χ1v) is 15.6. The van der Waals surface area contributed by atoms with Gasteiger partial charge in [0.2, 0.25) is 10.0 Å². The molecule has 0 bridgehead atoms. The van der Waals surface area contributed by atoms with Gasteiger partial charge in [-0.3, -0.25) is 4.72 Å². The second kappa shape index (κ2) is 11.2. The topological polar surface area (TPSA) is 122 Å². The number of piperidine rings is 1. The van der Waals surface area contributed by atoms with E-state index in [4.69, 9.17) is 4.74 Å². The maximum absolute atomic E-state index is 13.0. The van der Waals surface area contributed by atoms with Crippen LogP contribution in [0.15, 0.2) is 58.3 Å². The zero-order chi connectivity index (χ0) is 28.4. The Bertz CT molecular complexity index is 1330. The molecule has 1 amide bonds. The van der Waals surface area contributed by atoms with Gasteiger partial charge in [0.25, 0.3) is 10.0 Å². The lowest BCUT2D eigenvalue weighted by molar-refractivity contribution is 0.0185. The summed E-state index contributed by atoms with van der Waals surface area (Å²) in [6, 6.07) is 12.4. The van der Waals surface area contributed by atoms with Crippen molar-refractivity contribution in [3.05, 3.63) is 54.1 Å². The van der Waals surface area contributed by atoms with Gasteiger partial charge in [0.1, 0.15) is 5.60 Å². The number of nitrogens with zero attached hydrogens (tertiary/aromatic N) is 1. The zero-order valence-electron chi connectivity index (χ0n) is 22.9. The van der Waals surface area contributed by atoms with Crippen molar-refractivity contribution in [2.75, 3.05) is 24.4 Å². The minimum atomic E-state index is -4.00. The first kappa shape index (κ1) is 29.9. The van der Waals surface area contributed by atoms with Crippen LogP contribution in [0.2, 0.25) is 0 Å². The Morgan fingerprint density at radius 1 is 0.895 bits per heavy atom. The molecule has 1 heterocycles. The van der Waals surface area contributed by atoms with E-state index in [-0.39, 0.29) is 33.8 Å². The Hall–Kier alpha value is -2.63. The molecule has 0 unspecified atom stereocenters. The van der Waals surface area contributed by atoms with E-state index >= 15 is 0 Å². The lowest BCUT2D eigenvalue weighted by atomic mass is 9.87. The summed E-state index contributed by atoms with van der Waals surface area (Å²) in [7, 11) is -7.94. The molecule has 210 valence electrons. The van der Waals surface area contributed by atoms with Crippen molar-refractivity contribution >= 4 is 31.8 Å². The first-order valence-electron chi connectivity index (χ1n) is 12.7. The molecule has 0 spiro atoms. The number of likely N-dealkylation sites (tertiary alicyclic amines) is 1. The number of nitrogens with one attached hydrogen (secondary N) is 2. The molecule has 3 rings (SSSR count). The van der Waals surface area contributed by atoms with Crippen molar-refractivity contribution in [3.8, 4) is 0 Å². The third-order valence-corrected chi connectivity index (χ3v) is 9.06. The lowest BCUT2D eigenvalue weighted by Crippen LogP contribution is -2.43. The predicted molar refractivity (Wildman–Crippen MR) is 148 cm³/mol. The van der Waals surface area contributed by atoms with Crippen LogP contribution in [0.25, 0.3) is 0 Å². The summed E-state index contributed by atoms with van der Waals surface area (Å²) in [5.74, 6) is 0.0492. The molecule has 0 atom stereocenters. The van der Waals surface area contributed by atoms with Crippen molar-refractivity contribution in [3.63, 3.8) is 0 Å². The molecule has 0 radical (unpaired) electrons. The predicted octanol–water partition coefficient (Wildman–Crippen LogP) is 4.71. The highest BCUT2D eigenvalue weighted by Crippen LogP contribution is 2.25. The summed E-state index contributed by atoms with van der Waals surface area (Å²) < 4.78 is 62.4. The summed E-state index contributed by atoms with van der Waals surface area (Å²) >= 11 is 0. The third-order valence-electron chi connectivity index (χ3n) is 6.26. The number of hydrogen-bond acceptors (Lipinski definition) is 6. The minimum Gasteiger partial charge on any atom is -0.444 e.